The lowest BCUT2D eigenvalue weighted by Gasteiger charge is -2.18. The molecule has 1 atom stereocenters. The van der Waals surface area contributed by atoms with Crippen LogP contribution >= 0.6 is 0 Å². The number of aromatic nitrogens is 1. The molecule has 0 spiro atoms. The summed E-state index contributed by atoms with van der Waals surface area (Å²) in [5.74, 6) is 0.168. The number of nitrogens with zero attached hydrogens (tertiary/aromatic N) is 2. The highest BCUT2D eigenvalue weighted by atomic mass is 16.2. The quantitative estimate of drug-likeness (QED) is 0.828. The maximum absolute atomic E-state index is 11.9. The van der Waals surface area contributed by atoms with Crippen LogP contribution in [0.5, 0.6) is 0 Å². The van der Waals surface area contributed by atoms with Crippen LogP contribution in [0.25, 0.3) is 0 Å². The van der Waals surface area contributed by atoms with Crippen LogP contribution in [0.15, 0.2) is 24.5 Å². The first-order chi connectivity index (χ1) is 7.77. The van der Waals surface area contributed by atoms with Crippen molar-refractivity contribution in [2.24, 2.45) is 5.73 Å². The standard InChI is InChI=1S/C12H17N3O/c13-11(10-3-5-14-6-4-10)9-12(16)15-7-1-2-8-15/h3-6,11H,1-2,7-9,13H2. The lowest BCUT2D eigenvalue weighted by Crippen LogP contribution is -2.30. The Hall–Kier alpha value is -1.42. The molecule has 0 aromatic carbocycles. The van der Waals surface area contributed by atoms with Crippen LogP contribution in [0.3, 0.4) is 0 Å². The number of hydrogen-bond donors (Lipinski definition) is 1. The molecule has 1 aromatic rings. The molecule has 1 amide bonds. The molecule has 0 aliphatic carbocycles. The van der Waals surface area contributed by atoms with Gasteiger partial charge in [-0.1, -0.05) is 0 Å². The molecule has 2 heterocycles. The van der Waals surface area contributed by atoms with Crippen LogP contribution in [0.2, 0.25) is 0 Å². The van der Waals surface area contributed by atoms with E-state index in [0.29, 0.717) is 6.42 Å². The molecule has 0 radical (unpaired) electrons. The van der Waals surface area contributed by atoms with Gasteiger partial charge in [-0.25, -0.2) is 0 Å². The fraction of sp³-hybridized carbons (Fsp3) is 0.500. The van der Waals surface area contributed by atoms with Crippen molar-refractivity contribution >= 4 is 5.91 Å². The Labute approximate surface area is 95.5 Å². The van der Waals surface area contributed by atoms with Crippen molar-refractivity contribution in [3.8, 4) is 0 Å². The Morgan fingerprint density at radius 3 is 2.62 bits per heavy atom. The third-order valence-electron chi connectivity index (χ3n) is 2.99. The Morgan fingerprint density at radius 1 is 1.38 bits per heavy atom. The first-order valence-electron chi connectivity index (χ1n) is 5.70. The molecule has 1 aliphatic heterocycles. The number of likely N-dealkylation sites (tertiary alicyclic amines) is 1. The van der Waals surface area contributed by atoms with E-state index in [1.165, 1.54) is 0 Å². The molecule has 1 aromatic heterocycles. The fourth-order valence-electron chi connectivity index (χ4n) is 2.01. The Balaban J connectivity index is 1.92. The Kier molecular flexibility index (Phi) is 3.51. The van der Waals surface area contributed by atoms with Gasteiger partial charge < -0.3 is 10.6 Å². The molecular formula is C12H17N3O. The van der Waals surface area contributed by atoms with Gasteiger partial charge in [-0.05, 0) is 30.5 Å². The van der Waals surface area contributed by atoms with E-state index in [4.69, 9.17) is 5.73 Å². The van der Waals surface area contributed by atoms with E-state index in [-0.39, 0.29) is 11.9 Å². The molecule has 86 valence electrons. The van der Waals surface area contributed by atoms with Gasteiger partial charge in [-0.2, -0.15) is 0 Å². The highest BCUT2D eigenvalue weighted by Crippen LogP contribution is 2.16. The van der Waals surface area contributed by atoms with Gasteiger partial charge in [-0.3, -0.25) is 9.78 Å². The second-order valence-electron chi connectivity index (χ2n) is 4.18. The van der Waals surface area contributed by atoms with Gasteiger partial charge in [-0.15, -0.1) is 0 Å². The number of hydrogen-bond acceptors (Lipinski definition) is 3. The van der Waals surface area contributed by atoms with Crippen LogP contribution in [-0.2, 0) is 4.79 Å². The van der Waals surface area contributed by atoms with Crippen LogP contribution < -0.4 is 5.73 Å². The lowest BCUT2D eigenvalue weighted by atomic mass is 10.1. The maximum Gasteiger partial charge on any atom is 0.224 e. The summed E-state index contributed by atoms with van der Waals surface area (Å²) < 4.78 is 0. The first kappa shape index (κ1) is 11.1. The van der Waals surface area contributed by atoms with Crippen molar-refractivity contribution in [2.45, 2.75) is 25.3 Å². The molecule has 4 heteroatoms. The molecule has 0 saturated carbocycles. The van der Waals surface area contributed by atoms with Crippen LogP contribution in [0, 0.1) is 0 Å². The Bertz CT molecular complexity index is 347. The molecule has 1 saturated heterocycles. The normalized spacial score (nSPS) is 17.4. The number of nitrogens with two attached hydrogens (primary N) is 1. The second-order valence-corrected chi connectivity index (χ2v) is 4.18. The van der Waals surface area contributed by atoms with Gasteiger partial charge in [0.1, 0.15) is 0 Å². The third kappa shape index (κ3) is 2.58. The van der Waals surface area contributed by atoms with Gasteiger partial charge in [0.15, 0.2) is 0 Å². The summed E-state index contributed by atoms with van der Waals surface area (Å²) >= 11 is 0. The van der Waals surface area contributed by atoms with Crippen molar-refractivity contribution < 1.29 is 4.79 Å². The summed E-state index contributed by atoms with van der Waals surface area (Å²) in [6.45, 7) is 1.78. The molecule has 0 bridgehead atoms. The number of rotatable bonds is 3. The number of amides is 1. The van der Waals surface area contributed by atoms with Crippen molar-refractivity contribution in [3.05, 3.63) is 30.1 Å². The van der Waals surface area contributed by atoms with Crippen LogP contribution in [0.4, 0.5) is 0 Å². The van der Waals surface area contributed by atoms with E-state index >= 15 is 0 Å². The van der Waals surface area contributed by atoms with E-state index in [0.717, 1.165) is 31.5 Å². The summed E-state index contributed by atoms with van der Waals surface area (Å²) in [6.07, 6.45) is 6.04. The number of carbonyl (C=O) groups is 1. The third-order valence-corrected chi connectivity index (χ3v) is 2.99. The summed E-state index contributed by atoms with van der Waals surface area (Å²) in [5.41, 5.74) is 6.96. The SMILES string of the molecule is NC(CC(=O)N1CCCC1)c1ccncc1. The zero-order valence-corrected chi connectivity index (χ0v) is 9.30. The monoisotopic (exact) mass is 219 g/mol. The van der Waals surface area contributed by atoms with Crippen molar-refractivity contribution in [1.29, 1.82) is 0 Å². The predicted octanol–water partition coefficient (Wildman–Crippen LogP) is 1.09. The topological polar surface area (TPSA) is 59.2 Å². The summed E-state index contributed by atoms with van der Waals surface area (Å²) in [4.78, 5) is 17.7. The molecule has 4 nitrogen and oxygen atoms in total. The highest BCUT2D eigenvalue weighted by Gasteiger charge is 2.20. The molecular weight excluding hydrogens is 202 g/mol. The number of pyridine rings is 1. The molecule has 1 unspecified atom stereocenters. The van der Waals surface area contributed by atoms with Gasteiger partial charge in [0.2, 0.25) is 5.91 Å². The van der Waals surface area contributed by atoms with Crippen molar-refractivity contribution in [3.63, 3.8) is 0 Å². The van der Waals surface area contributed by atoms with E-state index in [1.54, 1.807) is 12.4 Å². The minimum Gasteiger partial charge on any atom is -0.343 e. The van der Waals surface area contributed by atoms with E-state index in [2.05, 4.69) is 4.98 Å². The summed E-state index contributed by atoms with van der Waals surface area (Å²) in [5, 5.41) is 0. The minimum absolute atomic E-state index is 0.168. The van der Waals surface area contributed by atoms with Crippen LogP contribution in [0.1, 0.15) is 30.9 Å². The zero-order valence-electron chi connectivity index (χ0n) is 9.30. The zero-order chi connectivity index (χ0) is 11.4. The summed E-state index contributed by atoms with van der Waals surface area (Å²) in [7, 11) is 0. The fourth-order valence-corrected chi connectivity index (χ4v) is 2.01. The van der Waals surface area contributed by atoms with Gasteiger partial charge in [0.25, 0.3) is 0 Å². The smallest absolute Gasteiger partial charge is 0.224 e. The first-order valence-corrected chi connectivity index (χ1v) is 5.70. The lowest BCUT2D eigenvalue weighted by molar-refractivity contribution is -0.130. The molecule has 1 aliphatic rings. The predicted molar refractivity (Wildman–Crippen MR) is 61.6 cm³/mol. The largest absolute Gasteiger partial charge is 0.343 e. The van der Waals surface area contributed by atoms with Crippen molar-refractivity contribution in [1.82, 2.24) is 9.88 Å². The van der Waals surface area contributed by atoms with Crippen molar-refractivity contribution in [2.75, 3.05) is 13.1 Å². The molecule has 1 fully saturated rings. The Morgan fingerprint density at radius 2 is 2.00 bits per heavy atom. The van der Waals surface area contributed by atoms with Gasteiger partial charge >= 0.3 is 0 Å². The van der Waals surface area contributed by atoms with E-state index in [9.17, 15) is 4.79 Å². The van der Waals surface area contributed by atoms with Gasteiger partial charge in [0, 0.05) is 37.9 Å². The van der Waals surface area contributed by atoms with E-state index < -0.39 is 0 Å². The average Bonchev–Trinajstić information content (AvgIpc) is 2.83. The minimum atomic E-state index is -0.212. The maximum atomic E-state index is 11.9. The molecule has 2 rings (SSSR count). The van der Waals surface area contributed by atoms with E-state index in [1.807, 2.05) is 17.0 Å². The second kappa shape index (κ2) is 5.07. The summed E-state index contributed by atoms with van der Waals surface area (Å²) in [6, 6.07) is 3.51. The van der Waals surface area contributed by atoms with Gasteiger partial charge in [0.05, 0.1) is 0 Å². The number of carbonyl (C=O) groups excluding carboxylic acids is 1. The van der Waals surface area contributed by atoms with Crippen LogP contribution in [-0.4, -0.2) is 28.9 Å². The molecule has 2 N–H and O–H groups in total. The average molecular weight is 219 g/mol. The highest BCUT2D eigenvalue weighted by molar-refractivity contribution is 5.77. The molecule has 16 heavy (non-hydrogen) atoms.